The number of hydrogen-bond acceptors (Lipinski definition) is 3. The van der Waals surface area contributed by atoms with Gasteiger partial charge in [-0.05, 0) is 54.9 Å². The van der Waals surface area contributed by atoms with Gasteiger partial charge in [0.25, 0.3) is 0 Å². The summed E-state index contributed by atoms with van der Waals surface area (Å²) in [5.74, 6) is 0.452. The first-order valence-electron chi connectivity index (χ1n) is 9.09. The molecule has 2 bridgehead atoms. The van der Waals surface area contributed by atoms with E-state index in [0.717, 1.165) is 37.5 Å². The van der Waals surface area contributed by atoms with E-state index in [0.29, 0.717) is 24.7 Å². The predicted octanol–water partition coefficient (Wildman–Crippen LogP) is 3.40. The molecule has 1 spiro atoms. The zero-order valence-electron chi connectivity index (χ0n) is 13.5. The first kappa shape index (κ1) is 14.6. The Hall–Kier alpha value is -1.71. The Labute approximate surface area is 140 Å². The molecule has 5 rings (SSSR count). The van der Waals surface area contributed by atoms with Gasteiger partial charge in [-0.2, -0.15) is 0 Å². The summed E-state index contributed by atoms with van der Waals surface area (Å²) in [6.07, 6.45) is 6.14. The number of benzene rings is 1. The molecular formula is C20H21FO3. The Balaban J connectivity index is 1.61. The van der Waals surface area contributed by atoms with Crippen molar-refractivity contribution >= 4 is 12.3 Å². The van der Waals surface area contributed by atoms with Crippen molar-refractivity contribution < 1.29 is 18.7 Å². The number of aryl methyl sites for hydroxylation is 1. The van der Waals surface area contributed by atoms with Gasteiger partial charge in [-0.1, -0.05) is 6.07 Å². The summed E-state index contributed by atoms with van der Waals surface area (Å²) in [5.41, 5.74) is 1.80. The number of aldehydes is 1. The Kier molecular flexibility index (Phi) is 2.98. The van der Waals surface area contributed by atoms with E-state index >= 15 is 0 Å². The molecule has 4 aliphatic rings. The monoisotopic (exact) mass is 328 g/mol. The maximum Gasteiger partial charge on any atom is 0.310 e. The molecule has 0 aromatic heterocycles. The van der Waals surface area contributed by atoms with Gasteiger partial charge in [0.1, 0.15) is 17.7 Å². The number of carbonyl (C=O) groups is 2. The van der Waals surface area contributed by atoms with Crippen LogP contribution < -0.4 is 0 Å². The van der Waals surface area contributed by atoms with Crippen LogP contribution in [0, 0.1) is 29.5 Å². The zero-order valence-corrected chi connectivity index (χ0v) is 13.5. The van der Waals surface area contributed by atoms with Crippen LogP contribution in [0.3, 0.4) is 0 Å². The van der Waals surface area contributed by atoms with Crippen molar-refractivity contribution in [1.29, 1.82) is 0 Å². The number of halogens is 1. The lowest BCUT2D eigenvalue weighted by Gasteiger charge is -2.48. The molecule has 0 N–H and O–H groups in total. The van der Waals surface area contributed by atoms with Crippen LogP contribution >= 0.6 is 0 Å². The average molecular weight is 328 g/mol. The third kappa shape index (κ3) is 1.72. The van der Waals surface area contributed by atoms with Crippen molar-refractivity contribution in [3.05, 3.63) is 35.1 Å². The van der Waals surface area contributed by atoms with Crippen molar-refractivity contribution in [2.45, 2.75) is 50.0 Å². The van der Waals surface area contributed by atoms with Crippen LogP contribution in [-0.4, -0.2) is 17.9 Å². The predicted molar refractivity (Wildman–Crippen MR) is 84.8 cm³/mol. The molecular weight excluding hydrogens is 307 g/mol. The summed E-state index contributed by atoms with van der Waals surface area (Å²) in [6.45, 7) is 0. The first-order valence-corrected chi connectivity index (χ1v) is 9.09. The molecule has 24 heavy (non-hydrogen) atoms. The van der Waals surface area contributed by atoms with Gasteiger partial charge in [0, 0.05) is 30.6 Å². The maximum absolute atomic E-state index is 13.9. The first-order chi connectivity index (χ1) is 11.6. The molecule has 0 unspecified atom stereocenters. The Bertz CT molecular complexity index is 730. The van der Waals surface area contributed by atoms with E-state index in [2.05, 4.69) is 0 Å². The minimum absolute atomic E-state index is 0.0903. The molecule has 0 radical (unpaired) electrons. The molecule has 126 valence electrons. The fraction of sp³-hybridized carbons (Fsp3) is 0.600. The highest BCUT2D eigenvalue weighted by molar-refractivity contribution is 5.78. The van der Waals surface area contributed by atoms with Crippen molar-refractivity contribution in [2.24, 2.45) is 23.7 Å². The van der Waals surface area contributed by atoms with E-state index in [-0.39, 0.29) is 29.5 Å². The molecule has 0 amide bonds. The van der Waals surface area contributed by atoms with Gasteiger partial charge in [-0.3, -0.25) is 4.79 Å². The molecule has 1 aliphatic heterocycles. The summed E-state index contributed by atoms with van der Waals surface area (Å²) in [4.78, 5) is 23.8. The molecule has 3 aliphatic carbocycles. The molecule has 4 heteroatoms. The lowest BCUT2D eigenvalue weighted by molar-refractivity contribution is -0.156. The Morgan fingerprint density at radius 2 is 2.17 bits per heavy atom. The number of rotatable bonds is 2. The highest BCUT2D eigenvalue weighted by atomic mass is 19.1. The summed E-state index contributed by atoms with van der Waals surface area (Å²) >= 11 is 0. The molecule has 6 atom stereocenters. The smallest absolute Gasteiger partial charge is 0.310 e. The van der Waals surface area contributed by atoms with Crippen molar-refractivity contribution in [3.8, 4) is 0 Å². The van der Waals surface area contributed by atoms with E-state index in [9.17, 15) is 14.0 Å². The van der Waals surface area contributed by atoms with Crippen LogP contribution in [0.25, 0.3) is 0 Å². The van der Waals surface area contributed by atoms with Gasteiger partial charge in [0.2, 0.25) is 0 Å². The second-order valence-corrected chi connectivity index (χ2v) is 8.04. The van der Waals surface area contributed by atoms with E-state index in [1.807, 2.05) is 6.07 Å². The number of hydrogen-bond donors (Lipinski definition) is 0. The van der Waals surface area contributed by atoms with E-state index in [1.165, 1.54) is 11.6 Å². The normalized spacial score (nSPS) is 42.0. The van der Waals surface area contributed by atoms with E-state index < -0.39 is 5.60 Å². The van der Waals surface area contributed by atoms with Crippen LogP contribution in [0.2, 0.25) is 0 Å². The van der Waals surface area contributed by atoms with Gasteiger partial charge in [-0.25, -0.2) is 4.39 Å². The summed E-state index contributed by atoms with van der Waals surface area (Å²) in [5, 5.41) is 0. The summed E-state index contributed by atoms with van der Waals surface area (Å²) in [6, 6.07) is 5.05. The van der Waals surface area contributed by atoms with Crippen LogP contribution in [0.4, 0.5) is 4.39 Å². The van der Waals surface area contributed by atoms with Gasteiger partial charge >= 0.3 is 5.97 Å². The standard InChI is InChI=1S/C20H21FO3/c21-13-4-1-11-2-5-14-17-6-3-12(7-8-22)20(17)10-16(19(23)24-20)18(14)15(11)9-13/h1,4,8-9,12,14,16-18H,2-3,5-7,10H2/t12-,14-,16+,17-,18-,20+/m1/s1. The highest BCUT2D eigenvalue weighted by Crippen LogP contribution is 2.65. The Morgan fingerprint density at radius 1 is 1.29 bits per heavy atom. The zero-order chi connectivity index (χ0) is 16.5. The number of esters is 1. The molecule has 2 saturated carbocycles. The molecule has 3 nitrogen and oxygen atoms in total. The molecule has 1 aromatic carbocycles. The van der Waals surface area contributed by atoms with Crippen LogP contribution in [-0.2, 0) is 20.7 Å². The van der Waals surface area contributed by atoms with E-state index in [1.54, 1.807) is 6.07 Å². The molecule has 1 aromatic rings. The van der Waals surface area contributed by atoms with Crippen LogP contribution in [0.15, 0.2) is 18.2 Å². The lowest BCUT2D eigenvalue weighted by atomic mass is 9.55. The van der Waals surface area contributed by atoms with Crippen molar-refractivity contribution in [2.75, 3.05) is 0 Å². The lowest BCUT2D eigenvalue weighted by Crippen LogP contribution is -2.48. The quantitative estimate of drug-likeness (QED) is 0.617. The minimum atomic E-state index is -0.422. The van der Waals surface area contributed by atoms with Crippen molar-refractivity contribution in [3.63, 3.8) is 0 Å². The van der Waals surface area contributed by atoms with Gasteiger partial charge in [0.05, 0.1) is 5.92 Å². The number of carbonyl (C=O) groups excluding carboxylic acids is 2. The van der Waals surface area contributed by atoms with Gasteiger partial charge in [-0.15, -0.1) is 0 Å². The van der Waals surface area contributed by atoms with Crippen molar-refractivity contribution in [1.82, 2.24) is 0 Å². The topological polar surface area (TPSA) is 43.4 Å². The van der Waals surface area contributed by atoms with Crippen LogP contribution in [0.5, 0.6) is 0 Å². The minimum Gasteiger partial charge on any atom is -0.458 e. The fourth-order valence-electron chi connectivity index (χ4n) is 6.47. The van der Waals surface area contributed by atoms with Gasteiger partial charge < -0.3 is 9.53 Å². The van der Waals surface area contributed by atoms with E-state index in [4.69, 9.17) is 4.74 Å². The molecule has 1 heterocycles. The second kappa shape index (κ2) is 4.90. The largest absolute Gasteiger partial charge is 0.458 e. The SMILES string of the molecule is O=CC[C@H]1CC[C@@H]2[C@H]3CCc4ccc(F)cc4[C@@H]3[C@@H]3C[C@]12OC3=O. The average Bonchev–Trinajstić information content (AvgIpc) is 3.06. The summed E-state index contributed by atoms with van der Waals surface area (Å²) in [7, 11) is 0. The highest BCUT2D eigenvalue weighted by Gasteiger charge is 2.67. The molecule has 1 saturated heterocycles. The van der Waals surface area contributed by atoms with Gasteiger partial charge in [0.15, 0.2) is 0 Å². The fourth-order valence-corrected chi connectivity index (χ4v) is 6.47. The number of fused-ring (bicyclic) bond motifs is 6. The maximum atomic E-state index is 13.9. The third-order valence-corrected chi connectivity index (χ3v) is 7.28. The third-order valence-electron chi connectivity index (χ3n) is 7.28. The summed E-state index contributed by atoms with van der Waals surface area (Å²) < 4.78 is 19.9. The Morgan fingerprint density at radius 3 is 3.00 bits per heavy atom. The number of ether oxygens (including phenoxy) is 1. The second-order valence-electron chi connectivity index (χ2n) is 8.04. The van der Waals surface area contributed by atoms with Crippen LogP contribution in [0.1, 0.15) is 49.1 Å². The molecule has 3 fully saturated rings.